The lowest BCUT2D eigenvalue weighted by atomic mass is 10.1. The highest BCUT2D eigenvalue weighted by atomic mass is 16.6. The van der Waals surface area contributed by atoms with Gasteiger partial charge >= 0.3 is 6.09 Å². The summed E-state index contributed by atoms with van der Waals surface area (Å²) in [5, 5.41) is 12.3. The number of phenols is 1. The van der Waals surface area contributed by atoms with Gasteiger partial charge in [-0.05, 0) is 49.6 Å². The lowest BCUT2D eigenvalue weighted by Crippen LogP contribution is -2.49. The standard InChI is InChI=1S/C22H26N2O5/c1-16(29-20-9-7-19(25)8-10-20)21(26)23-18-11-13-24(14-12-18)22(27)28-15-17-5-3-2-4-6-17/h2-10,16,18,25H,11-15H2,1H3,(H,23,26). The van der Waals surface area contributed by atoms with Crippen LogP contribution >= 0.6 is 0 Å². The molecule has 154 valence electrons. The molecule has 1 aliphatic rings. The maximum absolute atomic E-state index is 12.4. The molecule has 1 aliphatic heterocycles. The fraction of sp³-hybridized carbons (Fsp3) is 0.364. The number of nitrogens with zero attached hydrogens (tertiary/aromatic N) is 1. The quantitative estimate of drug-likeness (QED) is 0.781. The summed E-state index contributed by atoms with van der Waals surface area (Å²) in [7, 11) is 0. The van der Waals surface area contributed by atoms with Gasteiger partial charge in [0.05, 0.1) is 0 Å². The van der Waals surface area contributed by atoms with E-state index in [1.807, 2.05) is 30.3 Å². The first-order valence-corrected chi connectivity index (χ1v) is 9.73. The van der Waals surface area contributed by atoms with E-state index >= 15 is 0 Å². The molecule has 1 atom stereocenters. The van der Waals surface area contributed by atoms with Gasteiger partial charge < -0.3 is 24.8 Å². The summed E-state index contributed by atoms with van der Waals surface area (Å²) >= 11 is 0. The van der Waals surface area contributed by atoms with Gasteiger partial charge in [0, 0.05) is 19.1 Å². The fourth-order valence-electron chi connectivity index (χ4n) is 3.12. The second-order valence-corrected chi connectivity index (χ2v) is 7.06. The summed E-state index contributed by atoms with van der Waals surface area (Å²) in [6.45, 7) is 3.00. The lowest BCUT2D eigenvalue weighted by molar-refractivity contribution is -0.128. The van der Waals surface area contributed by atoms with Gasteiger partial charge in [-0.15, -0.1) is 0 Å². The highest BCUT2D eigenvalue weighted by Crippen LogP contribution is 2.18. The molecule has 0 aliphatic carbocycles. The van der Waals surface area contributed by atoms with Crippen molar-refractivity contribution in [2.75, 3.05) is 13.1 Å². The minimum atomic E-state index is -0.659. The normalized spacial score (nSPS) is 15.4. The molecular weight excluding hydrogens is 372 g/mol. The van der Waals surface area contributed by atoms with Crippen LogP contribution in [0.5, 0.6) is 11.5 Å². The van der Waals surface area contributed by atoms with Gasteiger partial charge in [-0.3, -0.25) is 4.79 Å². The zero-order chi connectivity index (χ0) is 20.6. The van der Waals surface area contributed by atoms with Crippen molar-refractivity contribution in [1.82, 2.24) is 10.2 Å². The van der Waals surface area contributed by atoms with Gasteiger partial charge in [0.15, 0.2) is 6.10 Å². The maximum atomic E-state index is 12.4. The highest BCUT2D eigenvalue weighted by Gasteiger charge is 2.26. The van der Waals surface area contributed by atoms with Crippen LogP contribution in [0.1, 0.15) is 25.3 Å². The number of rotatable bonds is 6. The molecule has 7 heteroatoms. The second-order valence-electron chi connectivity index (χ2n) is 7.06. The van der Waals surface area contributed by atoms with Gasteiger partial charge in [-0.2, -0.15) is 0 Å². The van der Waals surface area contributed by atoms with Gasteiger partial charge in [0.2, 0.25) is 0 Å². The van der Waals surface area contributed by atoms with Crippen molar-refractivity contribution in [1.29, 1.82) is 0 Å². The van der Waals surface area contributed by atoms with Crippen molar-refractivity contribution in [2.45, 2.75) is 38.5 Å². The number of carbonyl (C=O) groups is 2. The second kappa shape index (κ2) is 9.82. The molecule has 2 amide bonds. The third kappa shape index (κ3) is 6.14. The molecule has 0 aromatic heterocycles. The summed E-state index contributed by atoms with van der Waals surface area (Å²) in [5.74, 6) is 0.452. The van der Waals surface area contributed by atoms with Gasteiger partial charge in [-0.1, -0.05) is 30.3 Å². The number of amides is 2. The number of hydrogen-bond donors (Lipinski definition) is 2. The number of likely N-dealkylation sites (tertiary alicyclic amines) is 1. The number of nitrogens with one attached hydrogen (secondary N) is 1. The SMILES string of the molecule is CC(Oc1ccc(O)cc1)C(=O)NC1CCN(C(=O)OCc2ccccc2)CC1. The number of carbonyl (C=O) groups excluding carboxylic acids is 2. The number of benzene rings is 2. The van der Waals surface area contributed by atoms with E-state index in [-0.39, 0.29) is 30.4 Å². The summed E-state index contributed by atoms with van der Waals surface area (Å²) in [6, 6.07) is 15.8. The van der Waals surface area contributed by atoms with E-state index in [0.717, 1.165) is 5.56 Å². The van der Waals surface area contributed by atoms with Crippen LogP contribution in [0.3, 0.4) is 0 Å². The van der Waals surface area contributed by atoms with Crippen LogP contribution in [0.25, 0.3) is 0 Å². The number of aromatic hydroxyl groups is 1. The first kappa shape index (κ1) is 20.5. The minimum Gasteiger partial charge on any atom is -0.508 e. The van der Waals surface area contributed by atoms with Crippen LogP contribution in [0, 0.1) is 0 Å². The molecule has 1 unspecified atom stereocenters. The molecule has 1 fully saturated rings. The van der Waals surface area contributed by atoms with E-state index < -0.39 is 6.10 Å². The summed E-state index contributed by atoms with van der Waals surface area (Å²) in [6.07, 6.45) is 0.340. The zero-order valence-corrected chi connectivity index (χ0v) is 16.4. The number of ether oxygens (including phenoxy) is 2. The Morgan fingerprint density at radius 2 is 1.76 bits per heavy atom. The Hall–Kier alpha value is -3.22. The first-order valence-electron chi connectivity index (χ1n) is 9.73. The Morgan fingerprint density at radius 1 is 1.10 bits per heavy atom. The van der Waals surface area contributed by atoms with Gasteiger partial charge in [-0.25, -0.2) is 4.79 Å². The van der Waals surface area contributed by atoms with Crippen LogP contribution < -0.4 is 10.1 Å². The molecule has 2 N–H and O–H groups in total. The van der Waals surface area contributed by atoms with Crippen molar-refractivity contribution in [3.8, 4) is 11.5 Å². The Bertz CT molecular complexity index is 802. The van der Waals surface area contributed by atoms with Crippen molar-refractivity contribution >= 4 is 12.0 Å². The van der Waals surface area contributed by atoms with Crippen LogP contribution in [-0.4, -0.2) is 47.2 Å². The monoisotopic (exact) mass is 398 g/mol. The third-order valence-corrected chi connectivity index (χ3v) is 4.82. The average molecular weight is 398 g/mol. The topological polar surface area (TPSA) is 88.1 Å². The van der Waals surface area contributed by atoms with Crippen molar-refractivity contribution < 1.29 is 24.2 Å². The fourth-order valence-corrected chi connectivity index (χ4v) is 3.12. The Kier molecular flexibility index (Phi) is 6.94. The predicted molar refractivity (Wildman–Crippen MR) is 108 cm³/mol. The van der Waals surface area contributed by atoms with Crippen LogP contribution in [0.4, 0.5) is 4.79 Å². The molecule has 0 bridgehead atoms. The summed E-state index contributed by atoms with van der Waals surface area (Å²) < 4.78 is 11.0. The molecular formula is C22H26N2O5. The van der Waals surface area contributed by atoms with E-state index in [1.54, 1.807) is 24.0 Å². The molecule has 7 nitrogen and oxygen atoms in total. The van der Waals surface area contributed by atoms with Crippen molar-refractivity contribution in [3.63, 3.8) is 0 Å². The molecule has 1 saturated heterocycles. The third-order valence-electron chi connectivity index (χ3n) is 4.82. The van der Waals surface area contributed by atoms with E-state index in [2.05, 4.69) is 5.32 Å². The Labute approximate surface area is 170 Å². The zero-order valence-electron chi connectivity index (χ0n) is 16.4. The smallest absolute Gasteiger partial charge is 0.410 e. The van der Waals surface area contributed by atoms with E-state index in [0.29, 0.717) is 31.7 Å². The Balaban J connectivity index is 1.39. The molecule has 1 heterocycles. The molecule has 0 saturated carbocycles. The minimum absolute atomic E-state index is 0.00783. The summed E-state index contributed by atoms with van der Waals surface area (Å²) in [5.41, 5.74) is 0.950. The maximum Gasteiger partial charge on any atom is 0.410 e. The molecule has 2 aromatic carbocycles. The first-order chi connectivity index (χ1) is 14.0. The van der Waals surface area contributed by atoms with Gasteiger partial charge in [0.1, 0.15) is 18.1 Å². The predicted octanol–water partition coefficient (Wildman–Crippen LogP) is 3.08. The number of hydrogen-bond acceptors (Lipinski definition) is 5. The molecule has 29 heavy (non-hydrogen) atoms. The van der Waals surface area contributed by atoms with Crippen LogP contribution in [0.15, 0.2) is 54.6 Å². The van der Waals surface area contributed by atoms with E-state index in [4.69, 9.17) is 9.47 Å². The van der Waals surface area contributed by atoms with Gasteiger partial charge in [0.25, 0.3) is 5.91 Å². The molecule has 3 rings (SSSR count). The molecule has 0 spiro atoms. The van der Waals surface area contributed by atoms with E-state index in [9.17, 15) is 14.7 Å². The number of piperidine rings is 1. The van der Waals surface area contributed by atoms with Crippen molar-refractivity contribution in [3.05, 3.63) is 60.2 Å². The molecule has 2 aromatic rings. The largest absolute Gasteiger partial charge is 0.508 e. The Morgan fingerprint density at radius 3 is 2.41 bits per heavy atom. The van der Waals surface area contributed by atoms with E-state index in [1.165, 1.54) is 12.1 Å². The number of phenolic OH excluding ortho intramolecular Hbond substituents is 1. The van der Waals surface area contributed by atoms with Crippen LogP contribution in [-0.2, 0) is 16.1 Å². The van der Waals surface area contributed by atoms with Crippen molar-refractivity contribution in [2.24, 2.45) is 0 Å². The molecule has 0 radical (unpaired) electrons. The average Bonchev–Trinajstić information content (AvgIpc) is 2.75. The highest BCUT2D eigenvalue weighted by molar-refractivity contribution is 5.81. The summed E-state index contributed by atoms with van der Waals surface area (Å²) in [4.78, 5) is 26.2. The van der Waals surface area contributed by atoms with Crippen LogP contribution in [0.2, 0.25) is 0 Å². The lowest BCUT2D eigenvalue weighted by Gasteiger charge is -2.32.